The van der Waals surface area contributed by atoms with Crippen LogP contribution < -0.4 is 0 Å². The highest BCUT2D eigenvalue weighted by molar-refractivity contribution is 7.98. The molecular formula is C8H15O3S+. The third kappa shape index (κ3) is 1.09. The predicted octanol–water partition coefficient (Wildman–Crippen LogP) is -1.14. The number of aliphatic hydroxyl groups is 3. The molecule has 0 radical (unpaired) electrons. The van der Waals surface area contributed by atoms with Gasteiger partial charge in [-0.1, -0.05) is 0 Å². The van der Waals surface area contributed by atoms with Crippen molar-refractivity contribution < 1.29 is 15.3 Å². The van der Waals surface area contributed by atoms with Crippen molar-refractivity contribution >= 4 is 10.9 Å². The van der Waals surface area contributed by atoms with E-state index in [9.17, 15) is 15.3 Å². The fraction of sp³-hybridized carbons (Fsp3) is 1.00. The molecule has 2 aliphatic rings. The maximum absolute atomic E-state index is 9.59. The molecule has 0 spiro atoms. The molecule has 0 aliphatic carbocycles. The molecule has 0 aromatic carbocycles. The number of rotatable bonds is 0. The lowest BCUT2D eigenvalue weighted by molar-refractivity contribution is 0.0148. The Morgan fingerprint density at radius 1 is 1.17 bits per heavy atom. The smallest absolute Gasteiger partial charge is 0.172 e. The van der Waals surface area contributed by atoms with Gasteiger partial charge in [-0.05, 0) is 6.92 Å². The van der Waals surface area contributed by atoms with E-state index in [1.165, 1.54) is 0 Å². The molecular weight excluding hydrogens is 176 g/mol. The minimum atomic E-state index is -0.687. The van der Waals surface area contributed by atoms with E-state index in [1.54, 1.807) is 0 Å². The summed E-state index contributed by atoms with van der Waals surface area (Å²) in [6, 6.07) is 0. The van der Waals surface area contributed by atoms with Gasteiger partial charge in [0.25, 0.3) is 0 Å². The van der Waals surface area contributed by atoms with E-state index in [4.69, 9.17) is 0 Å². The van der Waals surface area contributed by atoms with Crippen LogP contribution in [0.5, 0.6) is 0 Å². The Kier molecular flexibility index (Phi) is 2.11. The Balaban J connectivity index is 2.18. The molecule has 6 atom stereocenters. The normalized spacial score (nSPS) is 59.0. The Morgan fingerprint density at radius 3 is 2.42 bits per heavy atom. The molecule has 0 bridgehead atoms. The zero-order valence-electron chi connectivity index (χ0n) is 7.05. The summed E-state index contributed by atoms with van der Waals surface area (Å²) in [5.74, 6) is 0.685. The molecule has 70 valence electrons. The summed E-state index contributed by atoms with van der Waals surface area (Å²) in [4.78, 5) is 0. The van der Waals surface area contributed by atoms with Gasteiger partial charge in [-0.3, -0.25) is 0 Å². The van der Waals surface area contributed by atoms with Gasteiger partial charge in [0.2, 0.25) is 0 Å². The average molecular weight is 191 g/mol. The van der Waals surface area contributed by atoms with E-state index in [0.717, 1.165) is 6.42 Å². The Bertz CT molecular complexity index is 187. The van der Waals surface area contributed by atoms with Gasteiger partial charge >= 0.3 is 0 Å². The molecule has 0 amide bonds. The number of aliphatic hydroxyl groups excluding tert-OH is 3. The Morgan fingerprint density at radius 2 is 1.83 bits per heavy atom. The standard InChI is InChI=1S/C8H15O3S/c1-4-2-5(9)8-7(11)6(10)3-12(4)8/h4-11H,2-3H2,1H3/q+1/t4?,5-,6-,7+,8-,12?/m1/s1. The maximum Gasteiger partial charge on any atom is 0.172 e. The highest BCUT2D eigenvalue weighted by Crippen LogP contribution is 2.38. The second-order valence-electron chi connectivity index (χ2n) is 3.77. The van der Waals surface area contributed by atoms with E-state index < -0.39 is 18.3 Å². The first-order valence-corrected chi connectivity index (χ1v) is 5.86. The zero-order chi connectivity index (χ0) is 8.88. The quantitative estimate of drug-likeness (QED) is 0.424. The van der Waals surface area contributed by atoms with Gasteiger partial charge in [0.15, 0.2) is 5.25 Å². The topological polar surface area (TPSA) is 60.7 Å². The van der Waals surface area contributed by atoms with Crippen LogP contribution in [0.25, 0.3) is 0 Å². The van der Waals surface area contributed by atoms with E-state index in [0.29, 0.717) is 11.0 Å². The summed E-state index contributed by atoms with van der Waals surface area (Å²) in [6.07, 6.45) is -0.892. The van der Waals surface area contributed by atoms with Crippen LogP contribution in [-0.4, -0.2) is 49.9 Å². The van der Waals surface area contributed by atoms with Crippen molar-refractivity contribution in [2.45, 2.75) is 42.2 Å². The molecule has 3 N–H and O–H groups in total. The van der Waals surface area contributed by atoms with E-state index >= 15 is 0 Å². The molecule has 2 saturated heterocycles. The largest absolute Gasteiger partial charge is 0.388 e. The monoisotopic (exact) mass is 191 g/mol. The highest BCUT2D eigenvalue weighted by Gasteiger charge is 2.60. The van der Waals surface area contributed by atoms with Gasteiger partial charge < -0.3 is 15.3 Å². The summed E-state index contributed by atoms with van der Waals surface area (Å²) < 4.78 is 0. The van der Waals surface area contributed by atoms with Crippen molar-refractivity contribution in [2.24, 2.45) is 0 Å². The summed E-state index contributed by atoms with van der Waals surface area (Å²) >= 11 is 0. The van der Waals surface area contributed by atoms with Crippen molar-refractivity contribution in [3.8, 4) is 0 Å². The van der Waals surface area contributed by atoms with E-state index in [-0.39, 0.29) is 16.1 Å². The SMILES string of the molecule is CC1C[C@@H](O)[C@@H]2[C@@H](O)[C@H](O)C[S+]12. The van der Waals surface area contributed by atoms with Gasteiger partial charge in [0, 0.05) is 17.3 Å². The van der Waals surface area contributed by atoms with Gasteiger partial charge in [-0.2, -0.15) is 0 Å². The van der Waals surface area contributed by atoms with Crippen molar-refractivity contribution in [2.75, 3.05) is 5.75 Å². The van der Waals surface area contributed by atoms with Crippen LogP contribution in [0.3, 0.4) is 0 Å². The molecule has 0 saturated carbocycles. The number of hydrogen-bond acceptors (Lipinski definition) is 3. The molecule has 2 fully saturated rings. The van der Waals surface area contributed by atoms with Crippen LogP contribution in [-0.2, 0) is 10.9 Å². The molecule has 2 rings (SSSR count). The second kappa shape index (κ2) is 2.87. The molecule has 4 heteroatoms. The Hall–Kier alpha value is 0.230. The molecule has 3 nitrogen and oxygen atoms in total. The predicted molar refractivity (Wildman–Crippen MR) is 48.1 cm³/mol. The van der Waals surface area contributed by atoms with Crippen LogP contribution in [0.2, 0.25) is 0 Å². The number of fused-ring (bicyclic) bond motifs is 1. The number of hydrogen-bond donors (Lipinski definition) is 3. The molecule has 2 aliphatic heterocycles. The van der Waals surface area contributed by atoms with Gasteiger partial charge in [-0.25, -0.2) is 0 Å². The Labute approximate surface area is 74.8 Å². The first-order valence-electron chi connectivity index (χ1n) is 4.34. The van der Waals surface area contributed by atoms with Crippen LogP contribution in [0.4, 0.5) is 0 Å². The first-order chi connectivity index (χ1) is 5.61. The molecule has 2 heterocycles. The van der Waals surface area contributed by atoms with Crippen LogP contribution in [0.1, 0.15) is 13.3 Å². The average Bonchev–Trinajstić information content (AvgIpc) is 2.41. The molecule has 12 heavy (non-hydrogen) atoms. The summed E-state index contributed by atoms with van der Waals surface area (Å²) in [7, 11) is 0.0471. The molecule has 0 aromatic heterocycles. The third-order valence-electron chi connectivity index (χ3n) is 2.91. The van der Waals surface area contributed by atoms with Crippen LogP contribution >= 0.6 is 0 Å². The fourth-order valence-electron chi connectivity index (χ4n) is 2.26. The second-order valence-corrected chi connectivity index (χ2v) is 6.39. The third-order valence-corrected chi connectivity index (χ3v) is 6.16. The fourth-order valence-corrected chi connectivity index (χ4v) is 5.44. The maximum atomic E-state index is 9.59. The molecule has 2 unspecified atom stereocenters. The minimum Gasteiger partial charge on any atom is -0.388 e. The lowest BCUT2D eigenvalue weighted by Crippen LogP contribution is -2.36. The summed E-state index contributed by atoms with van der Waals surface area (Å²) in [5, 5.41) is 29.0. The van der Waals surface area contributed by atoms with Crippen LogP contribution in [0.15, 0.2) is 0 Å². The van der Waals surface area contributed by atoms with E-state index in [2.05, 4.69) is 6.92 Å². The zero-order valence-corrected chi connectivity index (χ0v) is 7.87. The van der Waals surface area contributed by atoms with Crippen molar-refractivity contribution in [1.82, 2.24) is 0 Å². The van der Waals surface area contributed by atoms with Gasteiger partial charge in [-0.15, -0.1) is 0 Å². The van der Waals surface area contributed by atoms with Gasteiger partial charge in [0.1, 0.15) is 29.3 Å². The lowest BCUT2D eigenvalue weighted by Gasteiger charge is -2.11. The summed E-state index contributed by atoms with van der Waals surface area (Å²) in [5.41, 5.74) is 0. The first kappa shape index (κ1) is 8.81. The molecule has 0 aromatic rings. The van der Waals surface area contributed by atoms with Crippen LogP contribution in [0, 0.1) is 0 Å². The van der Waals surface area contributed by atoms with Crippen molar-refractivity contribution in [1.29, 1.82) is 0 Å². The minimum absolute atomic E-state index is 0.0463. The van der Waals surface area contributed by atoms with Crippen molar-refractivity contribution in [3.05, 3.63) is 0 Å². The van der Waals surface area contributed by atoms with Gasteiger partial charge in [0.05, 0.1) is 0 Å². The summed E-state index contributed by atoms with van der Waals surface area (Å²) in [6.45, 7) is 2.09. The van der Waals surface area contributed by atoms with E-state index in [1.807, 2.05) is 0 Å². The lowest BCUT2D eigenvalue weighted by atomic mass is 10.0. The highest BCUT2D eigenvalue weighted by atomic mass is 32.2. The van der Waals surface area contributed by atoms with Crippen molar-refractivity contribution in [3.63, 3.8) is 0 Å².